The van der Waals surface area contributed by atoms with Gasteiger partial charge in [0.25, 0.3) is 0 Å². The van der Waals surface area contributed by atoms with Gasteiger partial charge >= 0.3 is 6.09 Å². The van der Waals surface area contributed by atoms with Crippen LogP contribution < -0.4 is 10.2 Å². The Morgan fingerprint density at radius 3 is 2.28 bits per heavy atom. The summed E-state index contributed by atoms with van der Waals surface area (Å²) in [6, 6.07) is 11.7. The second-order valence-corrected chi connectivity index (χ2v) is 20.8. The highest BCUT2D eigenvalue weighted by atomic mass is 28.3. The lowest BCUT2D eigenvalue weighted by Gasteiger charge is -2.35. The Morgan fingerprint density at radius 1 is 0.920 bits per heavy atom. The van der Waals surface area contributed by atoms with Crippen LogP contribution in [0.2, 0.25) is 25.7 Å². The van der Waals surface area contributed by atoms with Gasteiger partial charge in [-0.05, 0) is 50.6 Å². The predicted octanol–water partition coefficient (Wildman–Crippen LogP) is 5.83. The Kier molecular flexibility index (Phi) is 11.0. The number of hydrogen-bond donors (Lipinski definition) is 1. The Morgan fingerprint density at radius 2 is 1.62 bits per heavy atom. The van der Waals surface area contributed by atoms with Gasteiger partial charge in [0, 0.05) is 59.6 Å². The third-order valence-electron chi connectivity index (χ3n) is 8.76. The summed E-state index contributed by atoms with van der Waals surface area (Å²) in [5.41, 5.74) is 4.22. The van der Waals surface area contributed by atoms with Crippen LogP contribution in [0.1, 0.15) is 26.6 Å². The third-order valence-corrected chi connectivity index (χ3v) is 10.5. The van der Waals surface area contributed by atoms with Gasteiger partial charge in [-0.25, -0.2) is 24.7 Å². The van der Waals surface area contributed by atoms with E-state index in [1.54, 1.807) is 11.2 Å². The molecule has 13 nitrogen and oxygen atoms in total. The van der Waals surface area contributed by atoms with E-state index < -0.39 is 13.7 Å². The Bertz CT molecular complexity index is 1720. The highest BCUT2D eigenvalue weighted by molar-refractivity contribution is 6.76. The van der Waals surface area contributed by atoms with Crippen LogP contribution >= 0.6 is 0 Å². The number of morpholine rings is 1. The zero-order valence-corrected chi connectivity index (χ0v) is 31.3. The van der Waals surface area contributed by atoms with Crippen LogP contribution in [0, 0.1) is 0 Å². The maximum Gasteiger partial charge on any atom is 0.410 e. The van der Waals surface area contributed by atoms with Crippen LogP contribution in [0.5, 0.6) is 0 Å². The minimum Gasteiger partial charge on any atom is -0.444 e. The molecule has 1 N–H and O–H groups in total. The molecule has 1 aromatic carbocycles. The molecule has 6 rings (SSSR count). The number of benzene rings is 1. The molecule has 2 saturated heterocycles. The lowest BCUT2D eigenvalue weighted by molar-refractivity contribution is 0.0137. The van der Waals surface area contributed by atoms with E-state index in [4.69, 9.17) is 24.2 Å². The van der Waals surface area contributed by atoms with Gasteiger partial charge in [-0.2, -0.15) is 0 Å². The van der Waals surface area contributed by atoms with Crippen molar-refractivity contribution in [2.45, 2.75) is 65.3 Å². The number of piperazine rings is 1. The first-order chi connectivity index (χ1) is 23.9. The standard InChI is InChI=1S/C36H51N9O4Si/c1-36(2,3)49-35(46)44-13-11-42(12-14-44)24-32-37-22-29(23-38-32)41-28-9-7-27(8-10-28)31-21-30-33(43-15-17-47-18-16-43)39-25-40-34(30)45(31)26-48-19-20-50(4,5)6/h7-10,21-23,25,41H,11-20,24,26H2,1-6H3. The summed E-state index contributed by atoms with van der Waals surface area (Å²) in [4.78, 5) is 37.3. The van der Waals surface area contributed by atoms with Gasteiger partial charge in [-0.15, -0.1) is 0 Å². The zero-order valence-electron chi connectivity index (χ0n) is 30.3. The van der Waals surface area contributed by atoms with Crippen LogP contribution in [0.3, 0.4) is 0 Å². The number of carbonyl (C=O) groups excluding carboxylic acids is 1. The van der Waals surface area contributed by atoms with Crippen molar-refractivity contribution in [2.24, 2.45) is 0 Å². The normalized spacial score (nSPS) is 16.2. The summed E-state index contributed by atoms with van der Waals surface area (Å²) in [5, 5.41) is 4.45. The van der Waals surface area contributed by atoms with E-state index >= 15 is 0 Å². The molecule has 0 unspecified atom stereocenters. The molecule has 3 aromatic heterocycles. The first-order valence-corrected chi connectivity index (χ1v) is 21.3. The fraction of sp³-hybridized carbons (Fsp3) is 0.528. The maximum atomic E-state index is 12.4. The highest BCUT2D eigenvalue weighted by Crippen LogP contribution is 2.33. The van der Waals surface area contributed by atoms with Gasteiger partial charge in [0.05, 0.1) is 48.9 Å². The smallest absolute Gasteiger partial charge is 0.410 e. The largest absolute Gasteiger partial charge is 0.444 e. The van der Waals surface area contributed by atoms with E-state index in [1.807, 2.05) is 33.2 Å². The molecule has 14 heteroatoms. The van der Waals surface area contributed by atoms with Gasteiger partial charge in [0.15, 0.2) is 0 Å². The van der Waals surface area contributed by atoms with Crippen LogP contribution in [-0.2, 0) is 27.5 Å². The molecule has 0 spiro atoms. The molecule has 0 aliphatic carbocycles. The second-order valence-electron chi connectivity index (χ2n) is 15.2. The van der Waals surface area contributed by atoms with Crippen molar-refractivity contribution in [1.82, 2.24) is 34.3 Å². The molecule has 2 aliphatic heterocycles. The number of nitrogens with one attached hydrogen (secondary N) is 1. The van der Waals surface area contributed by atoms with Crippen LogP contribution in [-0.4, -0.2) is 113 Å². The summed E-state index contributed by atoms with van der Waals surface area (Å²) < 4.78 is 19.5. The summed E-state index contributed by atoms with van der Waals surface area (Å²) in [7, 11) is -1.22. The van der Waals surface area contributed by atoms with Gasteiger partial charge < -0.3 is 33.9 Å². The number of nitrogens with zero attached hydrogens (tertiary/aromatic N) is 8. The predicted molar refractivity (Wildman–Crippen MR) is 198 cm³/mol. The Balaban J connectivity index is 1.11. The number of rotatable bonds is 11. The minimum absolute atomic E-state index is 0.256. The van der Waals surface area contributed by atoms with Crippen molar-refractivity contribution in [3.05, 3.63) is 54.9 Å². The molecule has 4 aromatic rings. The van der Waals surface area contributed by atoms with Gasteiger partial charge in [0.1, 0.15) is 35.9 Å². The SMILES string of the molecule is CC(C)(C)OC(=O)N1CCN(Cc2ncc(Nc3ccc(-c4cc5c(N6CCOCC6)ncnc5n4COCC[Si](C)(C)C)cc3)cn2)CC1. The Labute approximate surface area is 296 Å². The van der Waals surface area contributed by atoms with Crippen LogP contribution in [0.4, 0.5) is 22.0 Å². The fourth-order valence-corrected chi connectivity index (χ4v) is 6.75. The van der Waals surface area contributed by atoms with E-state index in [-0.39, 0.29) is 6.09 Å². The Hall–Kier alpha value is -4.11. The second kappa shape index (κ2) is 15.4. The van der Waals surface area contributed by atoms with Crippen molar-refractivity contribution < 1.29 is 19.0 Å². The number of anilines is 3. The fourth-order valence-electron chi connectivity index (χ4n) is 5.99. The zero-order chi connectivity index (χ0) is 35.3. The molecule has 50 heavy (non-hydrogen) atoms. The average Bonchev–Trinajstić information content (AvgIpc) is 3.46. The van der Waals surface area contributed by atoms with E-state index in [0.717, 1.165) is 84.1 Å². The summed E-state index contributed by atoms with van der Waals surface area (Å²) in [5.74, 6) is 1.68. The molecule has 5 heterocycles. The molecule has 1 amide bonds. The molecule has 0 bridgehead atoms. The molecule has 2 aliphatic rings. The molecule has 0 atom stereocenters. The third kappa shape index (κ3) is 9.36. The molecular weight excluding hydrogens is 651 g/mol. The number of hydrogen-bond acceptors (Lipinski definition) is 11. The molecule has 0 saturated carbocycles. The summed E-state index contributed by atoms with van der Waals surface area (Å²) >= 11 is 0. The number of fused-ring (bicyclic) bond motifs is 1. The van der Waals surface area contributed by atoms with Gasteiger partial charge in [-0.1, -0.05) is 31.8 Å². The van der Waals surface area contributed by atoms with Gasteiger partial charge in [0.2, 0.25) is 0 Å². The van der Waals surface area contributed by atoms with Crippen molar-refractivity contribution >= 4 is 42.4 Å². The summed E-state index contributed by atoms with van der Waals surface area (Å²) in [6.45, 7) is 20.3. The first kappa shape index (κ1) is 35.7. The molecule has 268 valence electrons. The molecule has 0 radical (unpaired) electrons. The number of ether oxygens (including phenoxy) is 3. The average molecular weight is 702 g/mol. The lowest BCUT2D eigenvalue weighted by Crippen LogP contribution is -2.49. The van der Waals surface area contributed by atoms with Crippen molar-refractivity contribution in [3.63, 3.8) is 0 Å². The van der Waals surface area contributed by atoms with E-state index in [0.29, 0.717) is 39.6 Å². The van der Waals surface area contributed by atoms with Crippen LogP contribution in [0.15, 0.2) is 49.1 Å². The van der Waals surface area contributed by atoms with Gasteiger partial charge in [-0.3, -0.25) is 4.90 Å². The summed E-state index contributed by atoms with van der Waals surface area (Å²) in [6.07, 6.45) is 5.03. The van der Waals surface area contributed by atoms with Crippen molar-refractivity contribution in [3.8, 4) is 11.3 Å². The lowest BCUT2D eigenvalue weighted by atomic mass is 10.1. The topological polar surface area (TPSA) is 123 Å². The van der Waals surface area contributed by atoms with Crippen molar-refractivity contribution in [2.75, 3.05) is 69.3 Å². The van der Waals surface area contributed by atoms with E-state index in [2.05, 4.69) is 79.6 Å². The number of amides is 1. The van der Waals surface area contributed by atoms with E-state index in [1.165, 1.54) is 0 Å². The quantitative estimate of drug-likeness (QED) is 0.150. The molecular formula is C36H51N9O4Si. The van der Waals surface area contributed by atoms with E-state index in [9.17, 15) is 4.79 Å². The number of carbonyl (C=O) groups is 1. The number of aromatic nitrogens is 5. The minimum atomic E-state index is -1.22. The van der Waals surface area contributed by atoms with Crippen molar-refractivity contribution in [1.29, 1.82) is 0 Å². The highest BCUT2D eigenvalue weighted by Gasteiger charge is 2.26. The maximum absolute atomic E-state index is 12.4. The first-order valence-electron chi connectivity index (χ1n) is 17.6. The monoisotopic (exact) mass is 701 g/mol. The van der Waals surface area contributed by atoms with Crippen LogP contribution in [0.25, 0.3) is 22.3 Å². The molecule has 2 fully saturated rings.